The molecule has 0 atom stereocenters. The van der Waals surface area contributed by atoms with Gasteiger partial charge in [0.25, 0.3) is 5.91 Å². The number of nitrogens with one attached hydrogen (secondary N) is 2. The summed E-state index contributed by atoms with van der Waals surface area (Å²) in [4.78, 5) is 12.9. The summed E-state index contributed by atoms with van der Waals surface area (Å²) in [5.41, 5.74) is 2.17. The molecular weight excluding hydrogens is 380 g/mol. The smallest absolute Gasteiger partial charge is 0.252 e. The maximum atomic E-state index is 12.9. The molecule has 0 spiro atoms. The van der Waals surface area contributed by atoms with Crippen molar-refractivity contribution in [1.82, 2.24) is 10.6 Å². The van der Waals surface area contributed by atoms with Crippen molar-refractivity contribution in [1.29, 1.82) is 0 Å². The van der Waals surface area contributed by atoms with Gasteiger partial charge >= 0.3 is 0 Å². The molecule has 2 aliphatic rings. The molecule has 1 aromatic rings. The topological polar surface area (TPSA) is 41.1 Å². The highest BCUT2D eigenvalue weighted by Gasteiger charge is 2.39. The fourth-order valence-corrected chi connectivity index (χ4v) is 5.38. The predicted octanol–water partition coefficient (Wildman–Crippen LogP) is 6.08. The lowest BCUT2D eigenvalue weighted by molar-refractivity contribution is 0.0682. The van der Waals surface area contributed by atoms with Crippen LogP contribution in [0.3, 0.4) is 0 Å². The van der Waals surface area contributed by atoms with E-state index in [0.29, 0.717) is 16.0 Å². The molecule has 0 heterocycles. The van der Waals surface area contributed by atoms with Crippen LogP contribution in [0.15, 0.2) is 18.2 Å². The molecule has 0 aromatic heterocycles. The van der Waals surface area contributed by atoms with Gasteiger partial charge < -0.3 is 10.6 Å². The molecule has 3 rings (SSSR count). The highest BCUT2D eigenvalue weighted by atomic mass is 35.5. The van der Waals surface area contributed by atoms with Crippen molar-refractivity contribution in [3.8, 4) is 0 Å². The van der Waals surface area contributed by atoms with Gasteiger partial charge in [0.05, 0.1) is 10.6 Å². The van der Waals surface area contributed by atoms with Crippen molar-refractivity contribution in [3.05, 3.63) is 41.8 Å². The molecule has 2 radical (unpaired) electrons. The van der Waals surface area contributed by atoms with E-state index < -0.39 is 0 Å². The van der Waals surface area contributed by atoms with Gasteiger partial charge in [0.2, 0.25) is 0 Å². The van der Waals surface area contributed by atoms with Crippen LogP contribution in [0.2, 0.25) is 5.02 Å². The second-order valence-electron chi connectivity index (χ2n) is 9.06. The van der Waals surface area contributed by atoms with E-state index in [9.17, 15) is 4.79 Å². The number of aryl methyl sites for hydroxylation is 1. The van der Waals surface area contributed by atoms with E-state index in [1.807, 2.05) is 12.1 Å². The lowest BCUT2D eigenvalue weighted by atomic mass is 9.62. The molecule has 0 saturated heterocycles. The summed E-state index contributed by atoms with van der Waals surface area (Å²) >= 11 is 6.36. The Morgan fingerprint density at radius 3 is 2.62 bits per heavy atom. The van der Waals surface area contributed by atoms with Crippen molar-refractivity contribution >= 4 is 17.5 Å². The predicted molar refractivity (Wildman–Crippen MR) is 123 cm³/mol. The van der Waals surface area contributed by atoms with Crippen molar-refractivity contribution in [2.45, 2.75) is 77.6 Å². The lowest BCUT2D eigenvalue weighted by Gasteiger charge is -2.45. The first-order valence-electron chi connectivity index (χ1n) is 11.4. The van der Waals surface area contributed by atoms with E-state index in [-0.39, 0.29) is 13.3 Å². The number of carbonyl (C=O) groups is 1. The van der Waals surface area contributed by atoms with E-state index >= 15 is 0 Å². The Bertz CT molecular complexity index is 636. The quantitative estimate of drug-likeness (QED) is 0.452. The van der Waals surface area contributed by atoms with Crippen LogP contribution in [0.4, 0.5) is 0 Å². The van der Waals surface area contributed by atoms with E-state index in [4.69, 9.17) is 11.6 Å². The van der Waals surface area contributed by atoms with Gasteiger partial charge in [-0.3, -0.25) is 4.79 Å². The summed E-state index contributed by atoms with van der Waals surface area (Å²) in [5.74, 6) is 0.882. The van der Waals surface area contributed by atoms with Crippen LogP contribution >= 0.6 is 11.6 Å². The maximum absolute atomic E-state index is 12.9. The normalized spacial score (nSPS) is 23.3. The third kappa shape index (κ3) is 7.00. The largest absolute Gasteiger partial charge is 0.351 e. The minimum absolute atomic E-state index is 0. The van der Waals surface area contributed by atoms with E-state index in [1.165, 1.54) is 63.4 Å². The van der Waals surface area contributed by atoms with Crippen LogP contribution < -0.4 is 10.6 Å². The van der Waals surface area contributed by atoms with Gasteiger partial charge in [-0.05, 0) is 80.6 Å². The number of hydrogen-bond acceptors (Lipinski definition) is 2. The Hall–Kier alpha value is -1.06. The molecule has 2 N–H and O–H groups in total. The molecule has 2 saturated carbocycles. The number of carbonyl (C=O) groups excluding carboxylic acids is 1. The fourth-order valence-electron chi connectivity index (χ4n) is 5.18. The van der Waals surface area contributed by atoms with Gasteiger partial charge in [-0.2, -0.15) is 0 Å². The van der Waals surface area contributed by atoms with Crippen LogP contribution in [0.5, 0.6) is 0 Å². The zero-order valence-corrected chi connectivity index (χ0v) is 19.0. The molecule has 1 aromatic carbocycles. The second kappa shape index (κ2) is 12.0. The summed E-state index contributed by atoms with van der Waals surface area (Å²) < 4.78 is 0. The molecule has 0 aliphatic heterocycles. The summed E-state index contributed by atoms with van der Waals surface area (Å²) in [5, 5.41) is 7.27. The average Bonchev–Trinajstić information content (AvgIpc) is 2.70. The molecule has 29 heavy (non-hydrogen) atoms. The van der Waals surface area contributed by atoms with Gasteiger partial charge in [-0.1, -0.05) is 64.1 Å². The lowest BCUT2D eigenvalue weighted by Crippen LogP contribution is -2.43. The Morgan fingerprint density at radius 2 is 1.90 bits per heavy atom. The third-order valence-electron chi connectivity index (χ3n) is 6.79. The van der Waals surface area contributed by atoms with Crippen LogP contribution in [0, 0.1) is 18.8 Å². The van der Waals surface area contributed by atoms with E-state index in [1.54, 1.807) is 0 Å². The molecule has 3 nitrogen and oxygen atoms in total. The molecule has 1 amide bonds. The van der Waals surface area contributed by atoms with Crippen LogP contribution in [0.25, 0.3) is 0 Å². The monoisotopic (exact) mass is 418 g/mol. The summed E-state index contributed by atoms with van der Waals surface area (Å²) in [7, 11) is 0. The number of hydrogen-bond donors (Lipinski definition) is 2. The standard InChI is InChI=1S/C24H37ClN2O.CH2/c1-2-3-14-26-15-6-9-19-10-11-22(25)21(16-19)23(28)27-18-24-12-4-7-20(17-24)8-5-13-24;/h10-11,16,20,26H,2-9,12-15,17-18H2,1H3,(H,27,28);1H2. The van der Waals surface area contributed by atoms with Gasteiger partial charge in [-0.15, -0.1) is 0 Å². The van der Waals surface area contributed by atoms with Gasteiger partial charge in [-0.25, -0.2) is 0 Å². The summed E-state index contributed by atoms with van der Waals surface area (Å²) in [6.45, 7) is 5.13. The fraction of sp³-hybridized carbons (Fsp3) is 0.680. The number of benzene rings is 1. The van der Waals surface area contributed by atoms with E-state index in [2.05, 4.69) is 23.6 Å². The average molecular weight is 419 g/mol. The molecule has 4 heteroatoms. The Balaban J connectivity index is 0.00000300. The molecule has 2 bridgehead atoms. The number of amides is 1. The van der Waals surface area contributed by atoms with Crippen LogP contribution in [-0.2, 0) is 6.42 Å². The molecule has 0 unspecified atom stereocenters. The van der Waals surface area contributed by atoms with Gasteiger partial charge in [0, 0.05) is 6.54 Å². The number of fused-ring (bicyclic) bond motifs is 2. The molecule has 2 fully saturated rings. The van der Waals surface area contributed by atoms with Gasteiger partial charge in [0.1, 0.15) is 0 Å². The van der Waals surface area contributed by atoms with Gasteiger partial charge in [0.15, 0.2) is 0 Å². The first-order chi connectivity index (χ1) is 13.6. The zero-order valence-electron chi connectivity index (χ0n) is 18.2. The first-order valence-corrected chi connectivity index (χ1v) is 11.8. The number of halogens is 1. The van der Waals surface area contributed by atoms with Crippen LogP contribution in [-0.4, -0.2) is 25.5 Å². The Labute approximate surface area is 183 Å². The maximum Gasteiger partial charge on any atom is 0.252 e. The minimum atomic E-state index is -0.00464. The third-order valence-corrected chi connectivity index (χ3v) is 7.12. The van der Waals surface area contributed by atoms with Crippen molar-refractivity contribution in [2.24, 2.45) is 11.3 Å². The van der Waals surface area contributed by atoms with Crippen molar-refractivity contribution in [2.75, 3.05) is 19.6 Å². The highest BCUT2D eigenvalue weighted by molar-refractivity contribution is 6.33. The minimum Gasteiger partial charge on any atom is -0.351 e. The highest BCUT2D eigenvalue weighted by Crippen LogP contribution is 2.48. The van der Waals surface area contributed by atoms with Crippen molar-refractivity contribution < 1.29 is 4.79 Å². The molecule has 162 valence electrons. The summed E-state index contributed by atoms with van der Waals surface area (Å²) in [6.07, 6.45) is 13.8. The number of rotatable bonds is 10. The second-order valence-corrected chi connectivity index (χ2v) is 9.47. The zero-order chi connectivity index (χ0) is 19.8. The Kier molecular flexibility index (Phi) is 9.98. The van der Waals surface area contributed by atoms with E-state index in [0.717, 1.165) is 38.4 Å². The number of unbranched alkanes of at least 4 members (excludes halogenated alkanes) is 1. The molecular formula is C25H39ClN2O. The Morgan fingerprint density at radius 1 is 1.17 bits per heavy atom. The SMILES string of the molecule is CCCCNCCCc1ccc(Cl)c(C(=O)NCC23CCCC(CCC2)C3)c1.[CH2]. The van der Waals surface area contributed by atoms with Crippen molar-refractivity contribution in [3.63, 3.8) is 0 Å². The van der Waals surface area contributed by atoms with Crippen LogP contribution in [0.1, 0.15) is 87.1 Å². The summed E-state index contributed by atoms with van der Waals surface area (Å²) in [6, 6.07) is 5.93. The first kappa shape index (κ1) is 24.2. The molecule has 2 aliphatic carbocycles.